The largest absolute Gasteiger partial charge is 0.299 e. The van der Waals surface area contributed by atoms with E-state index in [1.807, 2.05) is 18.2 Å². The van der Waals surface area contributed by atoms with Gasteiger partial charge in [0.05, 0.1) is 12.4 Å². The SMILES string of the molecule is C=C(/C=C\C=C(\Cl)CCl)C1=CCN(CCC2CCN(CC(C)=O)CC2)CC1. The Morgan fingerprint density at radius 2 is 2.04 bits per heavy atom. The second-order valence-electron chi connectivity index (χ2n) is 7.62. The van der Waals surface area contributed by atoms with Gasteiger partial charge in [-0.1, -0.05) is 36.4 Å². The molecular formula is C22H32Cl2N2O. The number of rotatable bonds is 9. The number of ketones is 1. The molecule has 1 fully saturated rings. The molecule has 5 heteroatoms. The Kier molecular flexibility index (Phi) is 9.84. The summed E-state index contributed by atoms with van der Waals surface area (Å²) in [5.41, 5.74) is 2.39. The van der Waals surface area contributed by atoms with E-state index in [-0.39, 0.29) is 5.78 Å². The molecule has 2 rings (SSSR count). The van der Waals surface area contributed by atoms with E-state index in [1.54, 1.807) is 6.92 Å². The summed E-state index contributed by atoms with van der Waals surface area (Å²) in [7, 11) is 0. The molecule has 2 aliphatic rings. The van der Waals surface area contributed by atoms with Crippen molar-refractivity contribution in [3.05, 3.63) is 47.1 Å². The lowest BCUT2D eigenvalue weighted by Crippen LogP contribution is -2.38. The molecule has 0 aromatic rings. The van der Waals surface area contributed by atoms with E-state index in [0.717, 1.165) is 50.6 Å². The predicted molar refractivity (Wildman–Crippen MR) is 117 cm³/mol. The highest BCUT2D eigenvalue weighted by molar-refractivity contribution is 6.35. The number of likely N-dealkylation sites (tertiary alicyclic amines) is 1. The van der Waals surface area contributed by atoms with Crippen LogP contribution in [0, 0.1) is 5.92 Å². The quantitative estimate of drug-likeness (QED) is 0.403. The maximum Gasteiger partial charge on any atom is 0.143 e. The highest BCUT2D eigenvalue weighted by Crippen LogP contribution is 2.23. The second kappa shape index (κ2) is 11.9. The second-order valence-corrected chi connectivity index (χ2v) is 8.37. The summed E-state index contributed by atoms with van der Waals surface area (Å²) in [6.45, 7) is 11.9. The van der Waals surface area contributed by atoms with Gasteiger partial charge in [-0.25, -0.2) is 0 Å². The first kappa shape index (κ1) is 22.4. The van der Waals surface area contributed by atoms with Crippen LogP contribution in [0.25, 0.3) is 0 Å². The van der Waals surface area contributed by atoms with E-state index in [1.165, 1.54) is 24.8 Å². The maximum atomic E-state index is 11.2. The molecule has 2 heterocycles. The number of carbonyl (C=O) groups is 1. The number of nitrogens with zero attached hydrogens (tertiary/aromatic N) is 2. The van der Waals surface area contributed by atoms with Crippen LogP contribution in [-0.2, 0) is 4.79 Å². The summed E-state index contributed by atoms with van der Waals surface area (Å²) in [4.78, 5) is 16.1. The number of allylic oxidation sites excluding steroid dienone is 5. The van der Waals surface area contributed by atoms with Crippen LogP contribution in [0.3, 0.4) is 0 Å². The van der Waals surface area contributed by atoms with Crippen LogP contribution >= 0.6 is 23.2 Å². The van der Waals surface area contributed by atoms with Crippen molar-refractivity contribution in [3.8, 4) is 0 Å². The highest BCUT2D eigenvalue weighted by atomic mass is 35.5. The molecule has 0 aromatic carbocycles. The average Bonchev–Trinajstić information content (AvgIpc) is 2.67. The van der Waals surface area contributed by atoms with E-state index >= 15 is 0 Å². The molecule has 0 amide bonds. The number of piperidine rings is 1. The van der Waals surface area contributed by atoms with Gasteiger partial charge < -0.3 is 0 Å². The summed E-state index contributed by atoms with van der Waals surface area (Å²) in [5, 5.41) is 0.636. The van der Waals surface area contributed by atoms with Crippen LogP contribution < -0.4 is 0 Å². The van der Waals surface area contributed by atoms with E-state index in [0.29, 0.717) is 17.5 Å². The molecular weight excluding hydrogens is 379 g/mol. The maximum absolute atomic E-state index is 11.2. The molecule has 0 unspecified atom stereocenters. The van der Waals surface area contributed by atoms with Crippen molar-refractivity contribution in [1.82, 2.24) is 9.80 Å². The Morgan fingerprint density at radius 1 is 1.30 bits per heavy atom. The third-order valence-electron chi connectivity index (χ3n) is 5.41. The Hall–Kier alpha value is -0.870. The zero-order valence-corrected chi connectivity index (χ0v) is 17.9. The Morgan fingerprint density at radius 3 is 2.63 bits per heavy atom. The first-order valence-corrected chi connectivity index (χ1v) is 10.8. The van der Waals surface area contributed by atoms with Crippen LogP contribution in [-0.4, -0.2) is 60.7 Å². The van der Waals surface area contributed by atoms with Crippen molar-refractivity contribution < 1.29 is 4.79 Å². The number of hydrogen-bond acceptors (Lipinski definition) is 3. The molecule has 0 N–H and O–H groups in total. The smallest absolute Gasteiger partial charge is 0.143 e. The molecule has 1 saturated heterocycles. The lowest BCUT2D eigenvalue weighted by molar-refractivity contribution is -0.118. The van der Waals surface area contributed by atoms with Gasteiger partial charge in [-0.15, -0.1) is 11.6 Å². The van der Waals surface area contributed by atoms with Gasteiger partial charge in [0.15, 0.2) is 0 Å². The van der Waals surface area contributed by atoms with E-state index in [2.05, 4.69) is 22.5 Å². The topological polar surface area (TPSA) is 23.6 Å². The lowest BCUT2D eigenvalue weighted by atomic mass is 9.92. The summed E-state index contributed by atoms with van der Waals surface area (Å²) in [6.07, 6.45) is 12.8. The van der Waals surface area contributed by atoms with Gasteiger partial charge >= 0.3 is 0 Å². The van der Waals surface area contributed by atoms with Gasteiger partial charge in [0.25, 0.3) is 0 Å². The van der Waals surface area contributed by atoms with Crippen LogP contribution in [0.1, 0.15) is 32.6 Å². The number of hydrogen-bond donors (Lipinski definition) is 0. The van der Waals surface area contributed by atoms with Gasteiger partial charge in [0.2, 0.25) is 0 Å². The molecule has 0 aliphatic carbocycles. The van der Waals surface area contributed by atoms with Crippen molar-refractivity contribution in [2.24, 2.45) is 5.92 Å². The normalized spacial score (nSPS) is 20.9. The first-order chi connectivity index (χ1) is 13.0. The van der Waals surface area contributed by atoms with Crippen molar-refractivity contribution in [2.45, 2.75) is 32.6 Å². The molecule has 27 heavy (non-hydrogen) atoms. The molecule has 2 aliphatic heterocycles. The molecule has 0 aromatic heterocycles. The molecule has 0 saturated carbocycles. The van der Waals surface area contributed by atoms with E-state index in [4.69, 9.17) is 23.2 Å². The first-order valence-electron chi connectivity index (χ1n) is 9.89. The van der Waals surface area contributed by atoms with Crippen LogP contribution in [0.4, 0.5) is 0 Å². The standard InChI is InChI=1S/C22H32Cl2N2O/c1-18(4-3-5-22(24)16-23)21-9-14-25(15-10-21)11-6-20-7-12-26(13-8-20)17-19(2)27/h3-5,9,20H,1,6-8,10-17H2,2H3/b4-3-,22-5+. The zero-order valence-electron chi connectivity index (χ0n) is 16.4. The fourth-order valence-electron chi connectivity index (χ4n) is 3.74. The van der Waals surface area contributed by atoms with Gasteiger partial charge in [-0.2, -0.15) is 0 Å². The Bertz CT molecular complexity index is 601. The molecule has 3 nitrogen and oxygen atoms in total. The van der Waals surface area contributed by atoms with Crippen LogP contribution in [0.15, 0.2) is 47.1 Å². The summed E-state index contributed by atoms with van der Waals surface area (Å²) in [6, 6.07) is 0. The van der Waals surface area contributed by atoms with Crippen molar-refractivity contribution >= 4 is 29.0 Å². The molecule has 150 valence electrons. The highest BCUT2D eigenvalue weighted by Gasteiger charge is 2.21. The minimum atomic E-state index is 0.277. The van der Waals surface area contributed by atoms with E-state index in [9.17, 15) is 4.79 Å². The zero-order chi connectivity index (χ0) is 19.6. The minimum absolute atomic E-state index is 0.277. The molecule has 0 spiro atoms. The Labute approximate surface area is 174 Å². The Balaban J connectivity index is 1.68. The summed E-state index contributed by atoms with van der Waals surface area (Å²) < 4.78 is 0. The van der Waals surface area contributed by atoms with Gasteiger partial charge in [0.1, 0.15) is 5.78 Å². The van der Waals surface area contributed by atoms with Crippen molar-refractivity contribution in [1.29, 1.82) is 0 Å². The monoisotopic (exact) mass is 410 g/mol. The molecule has 0 bridgehead atoms. The van der Waals surface area contributed by atoms with Gasteiger partial charge in [-0.3, -0.25) is 14.6 Å². The predicted octanol–water partition coefficient (Wildman–Crippen LogP) is 4.78. The van der Waals surface area contributed by atoms with Crippen molar-refractivity contribution in [2.75, 3.05) is 45.1 Å². The van der Waals surface area contributed by atoms with Gasteiger partial charge in [-0.05, 0) is 75.4 Å². The summed E-state index contributed by atoms with van der Waals surface area (Å²) >= 11 is 11.5. The molecule has 0 atom stereocenters. The summed E-state index contributed by atoms with van der Waals surface area (Å²) in [5.74, 6) is 1.42. The minimum Gasteiger partial charge on any atom is -0.299 e. The average molecular weight is 411 g/mol. The van der Waals surface area contributed by atoms with Gasteiger partial charge in [0, 0.05) is 18.1 Å². The number of alkyl halides is 1. The number of halogens is 2. The van der Waals surface area contributed by atoms with Crippen LogP contribution in [0.2, 0.25) is 0 Å². The lowest BCUT2D eigenvalue weighted by Gasteiger charge is -2.33. The molecule has 0 radical (unpaired) electrons. The third kappa shape index (κ3) is 8.35. The third-order valence-corrected chi connectivity index (χ3v) is 6.10. The number of carbonyl (C=O) groups excluding carboxylic acids is 1. The van der Waals surface area contributed by atoms with Crippen molar-refractivity contribution in [3.63, 3.8) is 0 Å². The van der Waals surface area contributed by atoms with E-state index < -0.39 is 0 Å². The fraction of sp³-hybridized carbons (Fsp3) is 0.591. The van der Waals surface area contributed by atoms with Crippen LogP contribution in [0.5, 0.6) is 0 Å². The fourth-order valence-corrected chi connectivity index (χ4v) is 3.90. The number of Topliss-reactive ketones (excluding diaryl/α,β-unsaturated/α-hetero) is 1.